The fraction of sp³-hybridized carbons (Fsp3) is 0.759. The van der Waals surface area contributed by atoms with Crippen molar-refractivity contribution in [2.24, 2.45) is 0 Å². The van der Waals surface area contributed by atoms with Crippen LogP contribution >= 0.6 is 15.6 Å². The van der Waals surface area contributed by atoms with E-state index < -0.39 is 97.5 Å². The van der Waals surface area contributed by atoms with Crippen LogP contribution in [0.2, 0.25) is 0 Å². The van der Waals surface area contributed by atoms with Gasteiger partial charge < -0.3 is 33.8 Å². The highest BCUT2D eigenvalue weighted by Crippen LogP contribution is 2.45. The largest absolute Gasteiger partial charge is 0.472 e. The summed E-state index contributed by atoms with van der Waals surface area (Å²) in [6, 6.07) is 0. The Labute approximate surface area is 620 Å². The van der Waals surface area contributed by atoms with Crippen molar-refractivity contribution in [3.8, 4) is 0 Å². The summed E-state index contributed by atoms with van der Waals surface area (Å²) >= 11 is 0. The summed E-state index contributed by atoms with van der Waals surface area (Å²) < 4.78 is 68.6. The molecule has 0 saturated heterocycles. The van der Waals surface area contributed by atoms with E-state index in [9.17, 15) is 43.2 Å². The van der Waals surface area contributed by atoms with Crippen LogP contribution in [0.4, 0.5) is 0 Å². The van der Waals surface area contributed by atoms with E-state index in [4.69, 9.17) is 37.0 Å². The van der Waals surface area contributed by atoms with Crippen LogP contribution in [0.5, 0.6) is 0 Å². The number of hydrogen-bond acceptors (Lipinski definition) is 15. The zero-order chi connectivity index (χ0) is 74.6. The van der Waals surface area contributed by atoms with Crippen LogP contribution < -0.4 is 0 Å². The maximum absolute atomic E-state index is 13.1. The maximum Gasteiger partial charge on any atom is 0.472 e. The number of rotatable bonds is 76. The number of aliphatic hydroxyl groups excluding tert-OH is 1. The summed E-state index contributed by atoms with van der Waals surface area (Å²) in [6.07, 6.45) is 79.5. The Hall–Kier alpha value is -4.02. The Morgan fingerprint density at radius 2 is 0.510 bits per heavy atom. The highest BCUT2D eigenvalue weighted by atomic mass is 31.2. The monoisotopic (exact) mass is 1480 g/mol. The minimum Gasteiger partial charge on any atom is -0.462 e. The minimum atomic E-state index is -4.98. The average molecular weight is 1480 g/mol. The first-order valence-corrected chi connectivity index (χ1v) is 43.5. The van der Waals surface area contributed by atoms with Crippen LogP contribution in [-0.4, -0.2) is 96.7 Å². The molecule has 0 radical (unpaired) electrons. The van der Waals surface area contributed by atoms with Crippen molar-refractivity contribution in [2.45, 2.75) is 367 Å². The van der Waals surface area contributed by atoms with Gasteiger partial charge in [0.1, 0.15) is 19.3 Å². The van der Waals surface area contributed by atoms with Crippen LogP contribution in [0.1, 0.15) is 349 Å². The van der Waals surface area contributed by atoms with Gasteiger partial charge >= 0.3 is 39.5 Å². The molecule has 0 spiro atoms. The molecular formula is C83H146O17P2. The first-order chi connectivity index (χ1) is 49.7. The minimum absolute atomic E-state index is 0.0719. The zero-order valence-electron chi connectivity index (χ0n) is 64.5. The number of hydrogen-bond donors (Lipinski definition) is 3. The van der Waals surface area contributed by atoms with Gasteiger partial charge in [-0.15, -0.1) is 0 Å². The third-order valence-electron chi connectivity index (χ3n) is 17.0. The molecule has 0 aliphatic heterocycles. The number of aliphatic hydroxyl groups is 1. The highest BCUT2D eigenvalue weighted by molar-refractivity contribution is 7.47. The van der Waals surface area contributed by atoms with Crippen molar-refractivity contribution in [3.63, 3.8) is 0 Å². The first kappa shape index (κ1) is 98.0. The lowest BCUT2D eigenvalue weighted by Gasteiger charge is -2.21. The Balaban J connectivity index is 5.35. The normalized spacial score (nSPS) is 14.4. The van der Waals surface area contributed by atoms with Gasteiger partial charge in [-0.2, -0.15) is 0 Å². The molecule has 0 saturated carbocycles. The van der Waals surface area contributed by atoms with Gasteiger partial charge in [-0.1, -0.05) is 298 Å². The Bertz CT molecular complexity index is 2310. The van der Waals surface area contributed by atoms with Crippen LogP contribution in [0.25, 0.3) is 0 Å². The molecule has 5 atom stereocenters. The summed E-state index contributed by atoms with van der Waals surface area (Å²) in [6.45, 7) is 4.64. The molecule has 5 unspecified atom stereocenters. The van der Waals surface area contributed by atoms with Crippen molar-refractivity contribution in [3.05, 3.63) is 97.2 Å². The number of allylic oxidation sites excluding steroid dienone is 16. The Morgan fingerprint density at radius 3 is 0.804 bits per heavy atom. The van der Waals surface area contributed by atoms with Crippen molar-refractivity contribution in [1.82, 2.24) is 0 Å². The van der Waals surface area contributed by atoms with E-state index >= 15 is 0 Å². The predicted octanol–water partition coefficient (Wildman–Crippen LogP) is 23.6. The average Bonchev–Trinajstić information content (AvgIpc) is 0.924. The molecule has 0 aliphatic rings. The summed E-state index contributed by atoms with van der Waals surface area (Å²) in [7, 11) is -9.96. The van der Waals surface area contributed by atoms with E-state index in [0.29, 0.717) is 25.7 Å². The third kappa shape index (κ3) is 74.3. The number of phosphoric ester groups is 2. The quantitative estimate of drug-likeness (QED) is 0.0169. The molecule has 17 nitrogen and oxygen atoms in total. The number of esters is 4. The molecule has 0 rings (SSSR count). The second kappa shape index (κ2) is 75.2. The molecule has 590 valence electrons. The molecular weight excluding hydrogens is 1330 g/mol. The van der Waals surface area contributed by atoms with Gasteiger partial charge in [-0.25, -0.2) is 9.13 Å². The van der Waals surface area contributed by atoms with E-state index in [-0.39, 0.29) is 25.7 Å². The molecule has 19 heteroatoms. The Morgan fingerprint density at radius 1 is 0.284 bits per heavy atom. The Kier molecular flexibility index (Phi) is 72.3. The molecule has 0 aromatic heterocycles. The lowest BCUT2D eigenvalue weighted by molar-refractivity contribution is -0.161. The topological polar surface area (TPSA) is 237 Å². The molecule has 0 aliphatic carbocycles. The molecule has 0 fully saturated rings. The third-order valence-corrected chi connectivity index (χ3v) is 18.9. The van der Waals surface area contributed by atoms with Crippen LogP contribution in [0.15, 0.2) is 97.2 Å². The zero-order valence-corrected chi connectivity index (χ0v) is 66.3. The van der Waals surface area contributed by atoms with Crippen molar-refractivity contribution < 1.29 is 80.2 Å². The van der Waals surface area contributed by atoms with Gasteiger partial charge in [-0.3, -0.25) is 37.3 Å². The smallest absolute Gasteiger partial charge is 0.462 e. The van der Waals surface area contributed by atoms with E-state index in [1.165, 1.54) is 96.3 Å². The highest BCUT2D eigenvalue weighted by Gasteiger charge is 2.30. The van der Waals surface area contributed by atoms with Crippen molar-refractivity contribution in [1.29, 1.82) is 0 Å². The second-order valence-corrected chi connectivity index (χ2v) is 29.9. The fourth-order valence-corrected chi connectivity index (χ4v) is 12.5. The lowest BCUT2D eigenvalue weighted by atomic mass is 10.0. The number of ether oxygens (including phenoxy) is 4. The van der Waals surface area contributed by atoms with Gasteiger partial charge in [0.05, 0.1) is 26.4 Å². The number of unbranched alkanes of at least 4 members (excludes halogenated alkanes) is 34. The van der Waals surface area contributed by atoms with Gasteiger partial charge in [-0.05, 0) is 122 Å². The van der Waals surface area contributed by atoms with Crippen LogP contribution in [0, 0.1) is 0 Å². The second-order valence-electron chi connectivity index (χ2n) is 27.0. The van der Waals surface area contributed by atoms with E-state index in [1.807, 2.05) is 0 Å². The molecule has 0 heterocycles. The number of carbonyl (C=O) groups is 4. The summed E-state index contributed by atoms with van der Waals surface area (Å²) in [4.78, 5) is 73.0. The summed E-state index contributed by atoms with van der Waals surface area (Å²) in [5.74, 6) is -2.20. The number of carbonyl (C=O) groups excluding carboxylic acids is 4. The van der Waals surface area contributed by atoms with E-state index in [2.05, 4.69) is 125 Å². The van der Waals surface area contributed by atoms with Gasteiger partial charge in [0.15, 0.2) is 12.2 Å². The van der Waals surface area contributed by atoms with Gasteiger partial charge in [0.2, 0.25) is 0 Å². The molecule has 0 aromatic rings. The van der Waals surface area contributed by atoms with Gasteiger partial charge in [0.25, 0.3) is 0 Å². The summed E-state index contributed by atoms with van der Waals surface area (Å²) in [5, 5.41) is 10.6. The first-order valence-electron chi connectivity index (χ1n) is 40.5. The predicted molar refractivity (Wildman–Crippen MR) is 418 cm³/mol. The fourth-order valence-electron chi connectivity index (χ4n) is 10.9. The molecule has 3 N–H and O–H groups in total. The maximum atomic E-state index is 13.1. The molecule has 0 bridgehead atoms. The molecule has 0 amide bonds. The molecule has 0 aromatic carbocycles. The van der Waals surface area contributed by atoms with Crippen LogP contribution in [-0.2, 0) is 65.4 Å². The van der Waals surface area contributed by atoms with E-state index in [0.717, 1.165) is 173 Å². The summed E-state index contributed by atoms with van der Waals surface area (Å²) in [5.41, 5.74) is 0. The molecule has 102 heavy (non-hydrogen) atoms. The SMILES string of the molecule is CC/C=C\C/C=C\C/C=C\C/C=C\CCCCCCCCC(=O)OCC(COP(=O)(O)OCC(O)COP(=O)(O)OCC(COC(=O)CCCCCCCCCCCCCCCCC)OC(=O)CCCCCCC/C=C\CCCCCC)OC(=O)CCCCCCC/C=C\C/C=C\C/C=C\CC. The number of phosphoric acid groups is 2. The van der Waals surface area contributed by atoms with E-state index in [1.54, 1.807) is 0 Å². The van der Waals surface area contributed by atoms with Crippen molar-refractivity contribution in [2.75, 3.05) is 39.6 Å². The lowest BCUT2D eigenvalue weighted by Crippen LogP contribution is -2.30. The van der Waals surface area contributed by atoms with Crippen LogP contribution in [0.3, 0.4) is 0 Å². The van der Waals surface area contributed by atoms with Crippen molar-refractivity contribution >= 4 is 39.5 Å². The van der Waals surface area contributed by atoms with Gasteiger partial charge in [0, 0.05) is 25.7 Å². The standard InChI is InChI=1S/C83H146O17P2/c1-5-9-13-17-21-25-29-33-36-37-38-39-42-45-48-52-56-60-64-68-81(86)94-74-79(100-83(88)70-66-62-58-54-50-46-41-35-31-27-23-19-15-11-7-3)76-98-102(91,92)96-72-77(84)71-95-101(89,90)97-75-78(99-82(87)69-65-61-57-53-49-43-32-28-24-20-16-12-8-4)73-93-80(85)67-63-59-55-51-47-44-40-34-30-26-22-18-14-10-6-2/h9,11,13,15,21,23,25,27-28,32-33,35-36,38-39,41,77-79,84H,5-8,10,12,14,16-20,22,24,26,29-31,34,37,40,42-76H2,1-4H3,(H,89,90)(H,91,92)/b13-9-,15-11-,25-21-,27-23-,32-28-,36-33-,39-38-,41-35-.